The van der Waals surface area contributed by atoms with Crippen LogP contribution in [0.2, 0.25) is 0 Å². The minimum atomic E-state index is -0.127. The molecular formula is C14H15N3O. The first kappa shape index (κ1) is 11.0. The molecule has 0 fully saturated rings. The molecule has 1 amide bonds. The molecule has 3 rings (SSSR count). The molecule has 0 spiro atoms. The number of hydrogen-bond acceptors (Lipinski definition) is 2. The molecule has 1 aliphatic rings. The summed E-state index contributed by atoms with van der Waals surface area (Å²) in [6.45, 7) is 2.02. The number of nitrogens with one attached hydrogen (secondary N) is 2. The average molecular weight is 241 g/mol. The summed E-state index contributed by atoms with van der Waals surface area (Å²) in [5.41, 5.74) is 4.72. The Kier molecular flexibility index (Phi) is 2.63. The van der Waals surface area contributed by atoms with Gasteiger partial charge >= 0.3 is 0 Å². The van der Waals surface area contributed by atoms with Crippen LogP contribution in [0.3, 0.4) is 0 Å². The zero-order valence-electron chi connectivity index (χ0n) is 10.3. The SMILES string of the molecule is Cc1ccc(NC(=O)c2n[nH]c3c2CCC3)cc1. The quantitative estimate of drug-likeness (QED) is 0.848. The van der Waals surface area contributed by atoms with Gasteiger partial charge in [0.25, 0.3) is 5.91 Å². The Morgan fingerprint density at radius 3 is 2.83 bits per heavy atom. The van der Waals surface area contributed by atoms with Gasteiger partial charge in [-0.15, -0.1) is 0 Å². The summed E-state index contributed by atoms with van der Waals surface area (Å²) in [5.74, 6) is -0.127. The number of fused-ring (bicyclic) bond motifs is 1. The summed E-state index contributed by atoms with van der Waals surface area (Å²) in [4.78, 5) is 12.1. The number of amides is 1. The molecule has 0 unspecified atom stereocenters. The largest absolute Gasteiger partial charge is 0.321 e. The van der Waals surface area contributed by atoms with Gasteiger partial charge in [-0.3, -0.25) is 9.89 Å². The summed E-state index contributed by atoms with van der Waals surface area (Å²) in [6.07, 6.45) is 3.05. The zero-order chi connectivity index (χ0) is 12.5. The molecule has 1 aromatic heterocycles. The van der Waals surface area contributed by atoms with Gasteiger partial charge in [0.05, 0.1) is 0 Å². The van der Waals surface area contributed by atoms with Gasteiger partial charge in [0.1, 0.15) is 0 Å². The van der Waals surface area contributed by atoms with Gasteiger partial charge in [0, 0.05) is 16.9 Å². The minimum absolute atomic E-state index is 0.127. The summed E-state index contributed by atoms with van der Waals surface area (Å²) in [6, 6.07) is 7.76. The van der Waals surface area contributed by atoms with Crippen LogP contribution in [0, 0.1) is 6.92 Å². The lowest BCUT2D eigenvalue weighted by Gasteiger charge is -2.04. The smallest absolute Gasteiger partial charge is 0.276 e. The maximum absolute atomic E-state index is 12.1. The van der Waals surface area contributed by atoms with Crippen LogP contribution in [-0.2, 0) is 12.8 Å². The third-order valence-corrected chi connectivity index (χ3v) is 3.33. The number of carbonyl (C=O) groups excluding carboxylic acids is 1. The number of rotatable bonds is 2. The van der Waals surface area contributed by atoms with Crippen LogP contribution in [-0.4, -0.2) is 16.1 Å². The predicted molar refractivity (Wildman–Crippen MR) is 69.7 cm³/mol. The molecule has 2 N–H and O–H groups in total. The molecule has 0 saturated carbocycles. The van der Waals surface area contributed by atoms with Crippen LogP contribution < -0.4 is 5.32 Å². The van der Waals surface area contributed by atoms with Crippen molar-refractivity contribution < 1.29 is 4.79 Å². The van der Waals surface area contributed by atoms with E-state index in [-0.39, 0.29) is 5.91 Å². The van der Waals surface area contributed by atoms with E-state index in [4.69, 9.17) is 0 Å². The number of aromatic amines is 1. The lowest BCUT2D eigenvalue weighted by atomic mass is 10.2. The summed E-state index contributed by atoms with van der Waals surface area (Å²) in [5, 5.41) is 9.95. The Bertz CT molecular complexity index is 584. The molecule has 0 atom stereocenters. The number of aromatic nitrogens is 2. The second-order valence-electron chi connectivity index (χ2n) is 4.70. The van der Waals surface area contributed by atoms with Gasteiger partial charge in [-0.2, -0.15) is 5.10 Å². The minimum Gasteiger partial charge on any atom is -0.321 e. The van der Waals surface area contributed by atoms with E-state index in [1.807, 2.05) is 31.2 Å². The first-order chi connectivity index (χ1) is 8.74. The Morgan fingerprint density at radius 1 is 1.28 bits per heavy atom. The highest BCUT2D eigenvalue weighted by Gasteiger charge is 2.22. The van der Waals surface area contributed by atoms with Gasteiger partial charge in [-0.25, -0.2) is 0 Å². The standard InChI is InChI=1S/C14H15N3O/c1-9-5-7-10(8-6-9)15-14(18)13-11-3-2-4-12(11)16-17-13/h5-8H,2-4H2,1H3,(H,15,18)(H,16,17). The van der Waals surface area contributed by atoms with E-state index in [1.165, 1.54) is 5.56 Å². The third-order valence-electron chi connectivity index (χ3n) is 3.33. The number of hydrogen-bond donors (Lipinski definition) is 2. The van der Waals surface area contributed by atoms with Crippen LogP contribution in [0.5, 0.6) is 0 Å². The molecule has 2 aromatic rings. The van der Waals surface area contributed by atoms with Crippen molar-refractivity contribution in [2.45, 2.75) is 26.2 Å². The van der Waals surface area contributed by atoms with E-state index >= 15 is 0 Å². The van der Waals surface area contributed by atoms with Gasteiger partial charge in [-0.1, -0.05) is 17.7 Å². The first-order valence-electron chi connectivity index (χ1n) is 6.18. The van der Waals surface area contributed by atoms with Crippen molar-refractivity contribution in [1.82, 2.24) is 10.2 Å². The fourth-order valence-electron chi connectivity index (χ4n) is 2.33. The van der Waals surface area contributed by atoms with E-state index in [0.717, 1.165) is 36.2 Å². The third kappa shape index (κ3) is 1.90. The second-order valence-corrected chi connectivity index (χ2v) is 4.70. The molecule has 92 valence electrons. The van der Waals surface area contributed by atoms with Crippen molar-refractivity contribution in [2.75, 3.05) is 5.32 Å². The van der Waals surface area contributed by atoms with Gasteiger partial charge < -0.3 is 5.32 Å². The van der Waals surface area contributed by atoms with Crippen molar-refractivity contribution in [1.29, 1.82) is 0 Å². The molecule has 0 radical (unpaired) electrons. The first-order valence-corrected chi connectivity index (χ1v) is 6.18. The number of aryl methyl sites for hydroxylation is 2. The highest BCUT2D eigenvalue weighted by molar-refractivity contribution is 6.04. The van der Waals surface area contributed by atoms with E-state index in [9.17, 15) is 4.79 Å². The number of benzene rings is 1. The van der Waals surface area contributed by atoms with Crippen molar-refractivity contribution in [3.05, 3.63) is 46.8 Å². The summed E-state index contributed by atoms with van der Waals surface area (Å²) in [7, 11) is 0. The molecule has 0 aliphatic heterocycles. The summed E-state index contributed by atoms with van der Waals surface area (Å²) < 4.78 is 0. The molecule has 0 saturated heterocycles. The maximum Gasteiger partial charge on any atom is 0.276 e. The van der Waals surface area contributed by atoms with Crippen LogP contribution in [0.4, 0.5) is 5.69 Å². The fraction of sp³-hybridized carbons (Fsp3) is 0.286. The zero-order valence-corrected chi connectivity index (χ0v) is 10.3. The summed E-state index contributed by atoms with van der Waals surface area (Å²) >= 11 is 0. The monoisotopic (exact) mass is 241 g/mol. The van der Waals surface area contributed by atoms with Gasteiger partial charge in [0.2, 0.25) is 0 Å². The topological polar surface area (TPSA) is 57.8 Å². The lowest BCUT2D eigenvalue weighted by Crippen LogP contribution is -2.14. The Hall–Kier alpha value is -2.10. The fourth-order valence-corrected chi connectivity index (χ4v) is 2.33. The van der Waals surface area contributed by atoms with Crippen LogP contribution >= 0.6 is 0 Å². The van der Waals surface area contributed by atoms with E-state index in [0.29, 0.717) is 5.69 Å². The van der Waals surface area contributed by atoms with Crippen LogP contribution in [0.25, 0.3) is 0 Å². The molecule has 4 heteroatoms. The molecule has 1 aliphatic carbocycles. The highest BCUT2D eigenvalue weighted by Crippen LogP contribution is 2.23. The van der Waals surface area contributed by atoms with Crippen LogP contribution in [0.15, 0.2) is 24.3 Å². The van der Waals surface area contributed by atoms with E-state index in [2.05, 4.69) is 15.5 Å². The Morgan fingerprint density at radius 2 is 2.06 bits per heavy atom. The molecular weight excluding hydrogens is 226 g/mol. The van der Waals surface area contributed by atoms with Crippen LogP contribution in [0.1, 0.15) is 33.7 Å². The second kappa shape index (κ2) is 4.29. The number of carbonyl (C=O) groups is 1. The van der Waals surface area contributed by atoms with E-state index < -0.39 is 0 Å². The average Bonchev–Trinajstić information content (AvgIpc) is 2.93. The highest BCUT2D eigenvalue weighted by atomic mass is 16.1. The maximum atomic E-state index is 12.1. The molecule has 18 heavy (non-hydrogen) atoms. The van der Waals surface area contributed by atoms with Gasteiger partial charge in [0.15, 0.2) is 5.69 Å². The number of H-pyrrole nitrogens is 1. The molecule has 0 bridgehead atoms. The Labute approximate surface area is 105 Å². The Balaban J connectivity index is 1.80. The van der Waals surface area contributed by atoms with E-state index in [1.54, 1.807) is 0 Å². The molecule has 4 nitrogen and oxygen atoms in total. The number of nitrogens with zero attached hydrogens (tertiary/aromatic N) is 1. The van der Waals surface area contributed by atoms with Gasteiger partial charge in [-0.05, 0) is 38.3 Å². The predicted octanol–water partition coefficient (Wildman–Crippen LogP) is 2.46. The molecule has 1 heterocycles. The van der Waals surface area contributed by atoms with Crippen molar-refractivity contribution >= 4 is 11.6 Å². The van der Waals surface area contributed by atoms with Crippen molar-refractivity contribution in [3.8, 4) is 0 Å². The number of anilines is 1. The normalized spacial score (nSPS) is 13.4. The molecule has 1 aromatic carbocycles. The lowest BCUT2D eigenvalue weighted by molar-refractivity contribution is 0.102. The van der Waals surface area contributed by atoms with Crippen molar-refractivity contribution in [2.24, 2.45) is 0 Å². The van der Waals surface area contributed by atoms with Crippen molar-refractivity contribution in [3.63, 3.8) is 0 Å².